The van der Waals surface area contributed by atoms with E-state index >= 15 is 0 Å². The van der Waals surface area contributed by atoms with Gasteiger partial charge in [0.25, 0.3) is 0 Å². The van der Waals surface area contributed by atoms with Gasteiger partial charge in [-0.15, -0.1) is 0 Å². The van der Waals surface area contributed by atoms with Gasteiger partial charge >= 0.3 is 0 Å². The lowest BCUT2D eigenvalue weighted by Crippen LogP contribution is -2.50. The summed E-state index contributed by atoms with van der Waals surface area (Å²) in [5.74, 6) is -0.459. The van der Waals surface area contributed by atoms with E-state index in [1.165, 1.54) is 0 Å². The molecule has 88 valence electrons. The zero-order chi connectivity index (χ0) is 11.8. The maximum atomic E-state index is 11.8. The van der Waals surface area contributed by atoms with Crippen molar-refractivity contribution < 1.29 is 14.4 Å². The van der Waals surface area contributed by atoms with Crippen molar-refractivity contribution in [3.63, 3.8) is 0 Å². The van der Waals surface area contributed by atoms with Gasteiger partial charge in [0.05, 0.1) is 5.41 Å². The van der Waals surface area contributed by atoms with Gasteiger partial charge in [-0.1, -0.05) is 6.92 Å². The Balaban J connectivity index is 2.13. The summed E-state index contributed by atoms with van der Waals surface area (Å²) in [4.78, 5) is 36.3. The third kappa shape index (κ3) is 1.70. The van der Waals surface area contributed by atoms with Gasteiger partial charge in [-0.25, -0.2) is 0 Å². The maximum absolute atomic E-state index is 11.8. The van der Waals surface area contributed by atoms with Gasteiger partial charge in [0, 0.05) is 25.9 Å². The topological polar surface area (TPSA) is 66.5 Å². The zero-order valence-electron chi connectivity index (χ0n) is 9.41. The predicted molar refractivity (Wildman–Crippen MR) is 56.3 cm³/mol. The van der Waals surface area contributed by atoms with Crippen LogP contribution in [0.1, 0.15) is 32.6 Å². The lowest BCUT2D eigenvalue weighted by Gasteiger charge is -2.30. The van der Waals surface area contributed by atoms with Crippen LogP contribution in [-0.4, -0.2) is 35.7 Å². The normalized spacial score (nSPS) is 30.1. The van der Waals surface area contributed by atoms with Gasteiger partial charge in [0.1, 0.15) is 0 Å². The Hall–Kier alpha value is -1.39. The summed E-state index contributed by atoms with van der Waals surface area (Å²) in [6, 6.07) is 0. The summed E-state index contributed by atoms with van der Waals surface area (Å²) in [7, 11) is 0. The van der Waals surface area contributed by atoms with E-state index in [2.05, 4.69) is 5.32 Å². The number of amides is 3. The molecule has 0 radical (unpaired) electrons. The molecular formula is C11H16N2O3. The summed E-state index contributed by atoms with van der Waals surface area (Å²) in [5.41, 5.74) is -0.639. The van der Waals surface area contributed by atoms with E-state index in [1.807, 2.05) is 6.92 Å². The van der Waals surface area contributed by atoms with E-state index in [1.54, 1.807) is 4.90 Å². The number of nitrogens with zero attached hydrogens (tertiary/aromatic N) is 1. The van der Waals surface area contributed by atoms with Crippen molar-refractivity contribution in [2.75, 3.05) is 13.1 Å². The van der Waals surface area contributed by atoms with Crippen LogP contribution >= 0.6 is 0 Å². The first-order chi connectivity index (χ1) is 7.57. The van der Waals surface area contributed by atoms with Crippen LogP contribution in [0.25, 0.3) is 0 Å². The average molecular weight is 224 g/mol. The summed E-state index contributed by atoms with van der Waals surface area (Å²) in [5, 5.41) is 2.34. The molecule has 5 nitrogen and oxygen atoms in total. The van der Waals surface area contributed by atoms with Crippen molar-refractivity contribution in [2.45, 2.75) is 32.6 Å². The molecule has 1 atom stereocenters. The Morgan fingerprint density at radius 3 is 2.75 bits per heavy atom. The number of nitrogens with one attached hydrogen (secondary N) is 1. The van der Waals surface area contributed by atoms with Crippen LogP contribution in [0, 0.1) is 5.41 Å². The van der Waals surface area contributed by atoms with Gasteiger partial charge in [-0.2, -0.15) is 0 Å². The Morgan fingerprint density at radius 1 is 1.38 bits per heavy atom. The molecule has 0 aliphatic carbocycles. The Labute approximate surface area is 94.2 Å². The highest BCUT2D eigenvalue weighted by atomic mass is 16.2. The fraction of sp³-hybridized carbons (Fsp3) is 0.727. The van der Waals surface area contributed by atoms with Crippen LogP contribution < -0.4 is 5.32 Å². The fourth-order valence-corrected chi connectivity index (χ4v) is 2.49. The van der Waals surface area contributed by atoms with Crippen molar-refractivity contribution in [1.29, 1.82) is 0 Å². The molecule has 16 heavy (non-hydrogen) atoms. The Kier molecular flexibility index (Phi) is 2.69. The number of carbonyl (C=O) groups excluding carboxylic acids is 3. The summed E-state index contributed by atoms with van der Waals surface area (Å²) < 4.78 is 0. The van der Waals surface area contributed by atoms with Crippen LogP contribution in [0.4, 0.5) is 0 Å². The summed E-state index contributed by atoms with van der Waals surface area (Å²) in [6.45, 7) is 3.17. The first-order valence-electron chi connectivity index (χ1n) is 5.69. The second kappa shape index (κ2) is 3.88. The highest BCUT2D eigenvalue weighted by Crippen LogP contribution is 2.38. The SMILES string of the molecule is CCCN1CC2(CCC(=O)NC2=O)CC1=O. The molecule has 2 saturated heterocycles. The molecule has 1 unspecified atom stereocenters. The molecule has 2 aliphatic heterocycles. The van der Waals surface area contributed by atoms with E-state index in [9.17, 15) is 14.4 Å². The average Bonchev–Trinajstić information content (AvgIpc) is 2.53. The first kappa shape index (κ1) is 11.1. The van der Waals surface area contributed by atoms with E-state index in [0.717, 1.165) is 6.42 Å². The summed E-state index contributed by atoms with van der Waals surface area (Å²) >= 11 is 0. The number of hydrogen-bond acceptors (Lipinski definition) is 3. The minimum Gasteiger partial charge on any atom is -0.342 e. The molecule has 0 aromatic carbocycles. The van der Waals surface area contributed by atoms with E-state index in [4.69, 9.17) is 0 Å². The lowest BCUT2D eigenvalue weighted by atomic mass is 9.79. The maximum Gasteiger partial charge on any atom is 0.235 e. The molecule has 2 aliphatic rings. The minimum absolute atomic E-state index is 0.0337. The number of hydrogen-bond donors (Lipinski definition) is 1. The number of rotatable bonds is 2. The Bertz CT molecular complexity index is 353. The van der Waals surface area contributed by atoms with Crippen LogP contribution in [0.3, 0.4) is 0 Å². The van der Waals surface area contributed by atoms with Gasteiger partial charge in [0.15, 0.2) is 0 Å². The van der Waals surface area contributed by atoms with Crippen molar-refractivity contribution in [3.8, 4) is 0 Å². The van der Waals surface area contributed by atoms with E-state index < -0.39 is 5.41 Å². The van der Waals surface area contributed by atoms with Crippen molar-refractivity contribution in [2.24, 2.45) is 5.41 Å². The lowest BCUT2D eigenvalue weighted by molar-refractivity contribution is -0.142. The molecule has 2 rings (SSSR count). The molecule has 0 bridgehead atoms. The first-order valence-corrected chi connectivity index (χ1v) is 5.69. The molecule has 2 heterocycles. The highest BCUT2D eigenvalue weighted by molar-refractivity contribution is 6.03. The van der Waals surface area contributed by atoms with Crippen molar-refractivity contribution in [1.82, 2.24) is 10.2 Å². The molecule has 0 aromatic heterocycles. The van der Waals surface area contributed by atoms with Crippen molar-refractivity contribution >= 4 is 17.7 Å². The van der Waals surface area contributed by atoms with Gasteiger partial charge in [-0.05, 0) is 12.8 Å². The predicted octanol–water partition coefficient (Wildman–Crippen LogP) is 0.0517. The van der Waals surface area contributed by atoms with Crippen LogP contribution in [0.2, 0.25) is 0 Å². The quantitative estimate of drug-likeness (QED) is 0.674. The molecular weight excluding hydrogens is 208 g/mol. The number of carbonyl (C=O) groups is 3. The Morgan fingerprint density at radius 2 is 2.12 bits per heavy atom. The summed E-state index contributed by atoms with van der Waals surface area (Å²) in [6.07, 6.45) is 2.00. The smallest absolute Gasteiger partial charge is 0.235 e. The molecule has 1 N–H and O–H groups in total. The van der Waals surface area contributed by atoms with E-state index in [-0.39, 0.29) is 24.1 Å². The number of likely N-dealkylation sites (tertiary alicyclic amines) is 1. The standard InChI is InChI=1S/C11H16N2O3/c1-2-5-13-7-11(6-9(13)15)4-3-8(14)12-10(11)16/h2-7H2,1H3,(H,12,14,16). The molecule has 1 spiro atoms. The second-order valence-corrected chi connectivity index (χ2v) is 4.65. The third-order valence-electron chi connectivity index (χ3n) is 3.39. The van der Waals surface area contributed by atoms with E-state index in [0.29, 0.717) is 25.9 Å². The van der Waals surface area contributed by atoms with Gasteiger partial charge < -0.3 is 4.90 Å². The van der Waals surface area contributed by atoms with Crippen LogP contribution in [-0.2, 0) is 14.4 Å². The fourth-order valence-electron chi connectivity index (χ4n) is 2.49. The second-order valence-electron chi connectivity index (χ2n) is 4.65. The number of imide groups is 1. The van der Waals surface area contributed by atoms with Crippen LogP contribution in [0.5, 0.6) is 0 Å². The third-order valence-corrected chi connectivity index (χ3v) is 3.39. The van der Waals surface area contributed by atoms with Gasteiger partial charge in [-0.3, -0.25) is 19.7 Å². The molecule has 0 saturated carbocycles. The zero-order valence-corrected chi connectivity index (χ0v) is 9.41. The molecule has 3 amide bonds. The monoisotopic (exact) mass is 224 g/mol. The molecule has 2 fully saturated rings. The van der Waals surface area contributed by atoms with Gasteiger partial charge in [0.2, 0.25) is 17.7 Å². The minimum atomic E-state index is -0.639. The number of piperidine rings is 1. The highest BCUT2D eigenvalue weighted by Gasteiger charge is 2.50. The largest absolute Gasteiger partial charge is 0.342 e. The van der Waals surface area contributed by atoms with Crippen LogP contribution in [0.15, 0.2) is 0 Å². The van der Waals surface area contributed by atoms with Crippen molar-refractivity contribution in [3.05, 3.63) is 0 Å². The molecule has 5 heteroatoms. The molecule has 0 aromatic rings.